The number of likely N-dealkylation sites (N-methyl/N-ethyl adjacent to an activating group) is 1. The summed E-state index contributed by atoms with van der Waals surface area (Å²) in [6.45, 7) is 2.94. The minimum Gasteiger partial charge on any atom is -0.310 e. The number of hydrogen-bond donors (Lipinski definition) is 1. The second-order valence-corrected chi connectivity index (χ2v) is 6.21. The molecule has 0 saturated heterocycles. The third kappa shape index (κ3) is 4.19. The van der Waals surface area contributed by atoms with Crippen LogP contribution in [0.15, 0.2) is 41.0 Å². The maximum atomic E-state index is 6.30. The average Bonchev–Trinajstić information content (AvgIpc) is 2.41. The van der Waals surface area contributed by atoms with E-state index in [0.29, 0.717) is 10.0 Å². The SMILES string of the molecule is CCNC(Cc1ccc(Br)cn1)c1ccc(Cl)cc1Cl. The molecule has 1 N–H and O–H groups in total. The largest absolute Gasteiger partial charge is 0.310 e. The van der Waals surface area contributed by atoms with Crippen molar-refractivity contribution in [3.63, 3.8) is 0 Å². The Bertz CT molecular complexity index is 573. The van der Waals surface area contributed by atoms with Gasteiger partial charge in [0, 0.05) is 38.9 Å². The molecule has 0 spiro atoms. The molecular weight excluding hydrogens is 359 g/mol. The Balaban J connectivity index is 2.24. The normalized spacial score (nSPS) is 12.4. The lowest BCUT2D eigenvalue weighted by Gasteiger charge is -2.19. The summed E-state index contributed by atoms with van der Waals surface area (Å²) in [5.74, 6) is 0. The van der Waals surface area contributed by atoms with E-state index in [2.05, 4.69) is 33.2 Å². The molecule has 0 radical (unpaired) electrons. The van der Waals surface area contributed by atoms with Crippen molar-refractivity contribution < 1.29 is 0 Å². The first-order chi connectivity index (χ1) is 9.60. The van der Waals surface area contributed by atoms with Gasteiger partial charge in [-0.2, -0.15) is 0 Å². The van der Waals surface area contributed by atoms with Crippen LogP contribution in [0.1, 0.15) is 24.2 Å². The molecule has 1 aromatic carbocycles. The number of pyridine rings is 1. The van der Waals surface area contributed by atoms with Crippen LogP contribution in [0, 0.1) is 0 Å². The van der Waals surface area contributed by atoms with Crippen LogP contribution in [0.25, 0.3) is 0 Å². The molecule has 1 atom stereocenters. The van der Waals surface area contributed by atoms with Gasteiger partial charge in [-0.1, -0.05) is 36.2 Å². The van der Waals surface area contributed by atoms with Crippen molar-refractivity contribution >= 4 is 39.1 Å². The lowest BCUT2D eigenvalue weighted by atomic mass is 10.0. The van der Waals surface area contributed by atoms with Crippen molar-refractivity contribution in [3.05, 3.63) is 62.3 Å². The van der Waals surface area contributed by atoms with Crippen LogP contribution in [0.4, 0.5) is 0 Å². The molecule has 106 valence electrons. The van der Waals surface area contributed by atoms with Gasteiger partial charge in [0.1, 0.15) is 0 Å². The first kappa shape index (κ1) is 15.8. The molecule has 0 aliphatic carbocycles. The van der Waals surface area contributed by atoms with Crippen molar-refractivity contribution in [1.29, 1.82) is 0 Å². The molecule has 0 aliphatic heterocycles. The lowest BCUT2D eigenvalue weighted by Crippen LogP contribution is -2.23. The molecule has 2 rings (SSSR count). The van der Waals surface area contributed by atoms with Crippen LogP contribution >= 0.6 is 39.1 Å². The molecule has 2 aromatic rings. The molecule has 0 bridgehead atoms. The summed E-state index contributed by atoms with van der Waals surface area (Å²) < 4.78 is 0.978. The Morgan fingerprint density at radius 3 is 2.65 bits per heavy atom. The number of nitrogens with zero attached hydrogens (tertiary/aromatic N) is 1. The Morgan fingerprint density at radius 2 is 2.05 bits per heavy atom. The molecule has 0 fully saturated rings. The number of nitrogens with one attached hydrogen (secondary N) is 1. The Morgan fingerprint density at radius 1 is 1.25 bits per heavy atom. The quantitative estimate of drug-likeness (QED) is 0.793. The third-order valence-electron chi connectivity index (χ3n) is 2.99. The van der Waals surface area contributed by atoms with Gasteiger partial charge in [0.25, 0.3) is 0 Å². The smallest absolute Gasteiger partial charge is 0.0468 e. The van der Waals surface area contributed by atoms with Crippen molar-refractivity contribution in [3.8, 4) is 0 Å². The molecule has 0 aliphatic rings. The Hall–Kier alpha value is -0.610. The number of halogens is 3. The highest BCUT2D eigenvalue weighted by atomic mass is 79.9. The summed E-state index contributed by atoms with van der Waals surface area (Å²) in [6.07, 6.45) is 2.59. The van der Waals surface area contributed by atoms with E-state index in [1.54, 1.807) is 6.07 Å². The second-order valence-electron chi connectivity index (χ2n) is 4.45. The van der Waals surface area contributed by atoms with Crippen LogP contribution < -0.4 is 5.32 Å². The molecule has 1 unspecified atom stereocenters. The summed E-state index contributed by atoms with van der Waals surface area (Å²) in [6, 6.07) is 9.74. The molecule has 0 amide bonds. The number of aromatic nitrogens is 1. The summed E-state index contributed by atoms with van der Waals surface area (Å²) in [5, 5.41) is 4.77. The zero-order valence-corrected chi connectivity index (χ0v) is 14.1. The standard InChI is InChI=1S/C15H15BrCl2N2/c1-2-19-15(8-12-5-3-10(16)9-20-12)13-6-4-11(17)7-14(13)18/h3-7,9,15,19H,2,8H2,1H3. The highest BCUT2D eigenvalue weighted by molar-refractivity contribution is 9.10. The van der Waals surface area contributed by atoms with Gasteiger partial charge in [-0.3, -0.25) is 4.98 Å². The highest BCUT2D eigenvalue weighted by Gasteiger charge is 2.15. The van der Waals surface area contributed by atoms with E-state index in [0.717, 1.165) is 28.7 Å². The molecule has 0 saturated carbocycles. The third-order valence-corrected chi connectivity index (χ3v) is 4.02. The van der Waals surface area contributed by atoms with Gasteiger partial charge in [0.15, 0.2) is 0 Å². The summed E-state index contributed by atoms with van der Waals surface area (Å²) in [5.41, 5.74) is 2.06. The maximum absolute atomic E-state index is 6.30. The van der Waals surface area contributed by atoms with E-state index in [1.165, 1.54) is 0 Å². The van der Waals surface area contributed by atoms with Gasteiger partial charge in [-0.05, 0) is 52.3 Å². The van der Waals surface area contributed by atoms with E-state index in [1.807, 2.05) is 30.5 Å². The fourth-order valence-electron chi connectivity index (χ4n) is 2.06. The molecule has 1 aromatic heterocycles. The maximum Gasteiger partial charge on any atom is 0.0468 e. The van der Waals surface area contributed by atoms with Crippen LogP contribution in [-0.4, -0.2) is 11.5 Å². The van der Waals surface area contributed by atoms with E-state index in [4.69, 9.17) is 23.2 Å². The van der Waals surface area contributed by atoms with Crippen LogP contribution in [0.2, 0.25) is 10.0 Å². The van der Waals surface area contributed by atoms with Gasteiger partial charge >= 0.3 is 0 Å². The Labute approximate surface area is 137 Å². The minimum absolute atomic E-state index is 0.124. The van der Waals surface area contributed by atoms with E-state index < -0.39 is 0 Å². The zero-order chi connectivity index (χ0) is 14.5. The van der Waals surface area contributed by atoms with Crippen molar-refractivity contribution in [2.45, 2.75) is 19.4 Å². The average molecular weight is 374 g/mol. The Kier molecular flexibility index (Phi) is 5.85. The number of hydrogen-bond acceptors (Lipinski definition) is 2. The molecule has 1 heterocycles. The topological polar surface area (TPSA) is 24.9 Å². The van der Waals surface area contributed by atoms with E-state index >= 15 is 0 Å². The van der Waals surface area contributed by atoms with Crippen molar-refractivity contribution in [2.24, 2.45) is 0 Å². The summed E-state index contributed by atoms with van der Waals surface area (Å²) in [4.78, 5) is 4.42. The zero-order valence-electron chi connectivity index (χ0n) is 11.0. The fourth-order valence-corrected chi connectivity index (χ4v) is 2.83. The predicted molar refractivity (Wildman–Crippen MR) is 88.5 cm³/mol. The first-order valence-electron chi connectivity index (χ1n) is 6.39. The van der Waals surface area contributed by atoms with Crippen molar-refractivity contribution in [2.75, 3.05) is 6.54 Å². The van der Waals surface area contributed by atoms with Gasteiger partial charge in [-0.25, -0.2) is 0 Å². The van der Waals surface area contributed by atoms with E-state index in [-0.39, 0.29) is 6.04 Å². The summed E-state index contributed by atoms with van der Waals surface area (Å²) >= 11 is 15.6. The predicted octanol–water partition coefficient (Wildman–Crippen LogP) is 5.04. The molecule has 5 heteroatoms. The second kappa shape index (κ2) is 7.41. The highest BCUT2D eigenvalue weighted by Crippen LogP contribution is 2.28. The molecular formula is C15H15BrCl2N2. The molecule has 2 nitrogen and oxygen atoms in total. The fraction of sp³-hybridized carbons (Fsp3) is 0.267. The van der Waals surface area contributed by atoms with Crippen LogP contribution in [0.3, 0.4) is 0 Å². The van der Waals surface area contributed by atoms with Gasteiger partial charge in [0.05, 0.1) is 0 Å². The van der Waals surface area contributed by atoms with Crippen LogP contribution in [-0.2, 0) is 6.42 Å². The minimum atomic E-state index is 0.124. The van der Waals surface area contributed by atoms with E-state index in [9.17, 15) is 0 Å². The van der Waals surface area contributed by atoms with Gasteiger partial charge in [0.2, 0.25) is 0 Å². The molecule has 20 heavy (non-hydrogen) atoms. The van der Waals surface area contributed by atoms with Gasteiger partial charge in [-0.15, -0.1) is 0 Å². The first-order valence-corrected chi connectivity index (χ1v) is 7.93. The van der Waals surface area contributed by atoms with Crippen molar-refractivity contribution in [1.82, 2.24) is 10.3 Å². The number of benzene rings is 1. The monoisotopic (exact) mass is 372 g/mol. The van der Waals surface area contributed by atoms with Crippen LogP contribution in [0.5, 0.6) is 0 Å². The lowest BCUT2D eigenvalue weighted by molar-refractivity contribution is 0.544. The van der Waals surface area contributed by atoms with Gasteiger partial charge < -0.3 is 5.32 Å². The number of rotatable bonds is 5. The summed E-state index contributed by atoms with van der Waals surface area (Å²) in [7, 11) is 0.